The number of rotatable bonds is 8. The Bertz CT molecular complexity index is 1360. The van der Waals surface area contributed by atoms with Crippen molar-refractivity contribution in [2.75, 3.05) is 26.8 Å². The maximum Gasteiger partial charge on any atom is 0.305 e. The van der Waals surface area contributed by atoms with E-state index in [2.05, 4.69) is 20.9 Å². The van der Waals surface area contributed by atoms with E-state index in [1.165, 1.54) is 0 Å². The SMILES string of the molecule is COc1ccc(OC)c(OC)c1Cc1ccc(C(=O)NNc2cc(C)c3c(C)nn(C)c3n2)o1. The minimum Gasteiger partial charge on any atom is -0.496 e. The first-order chi connectivity index (χ1) is 16.4. The summed E-state index contributed by atoms with van der Waals surface area (Å²) in [7, 11) is 6.55. The number of carbonyl (C=O) groups excluding carboxylic acids is 1. The highest BCUT2D eigenvalue weighted by Crippen LogP contribution is 2.38. The third kappa shape index (κ3) is 4.21. The number of fused-ring (bicyclic) bond motifs is 1. The molecule has 0 aliphatic rings. The van der Waals surface area contributed by atoms with Crippen LogP contribution in [0.25, 0.3) is 11.0 Å². The number of pyridine rings is 1. The molecule has 4 rings (SSSR count). The van der Waals surface area contributed by atoms with Crippen LogP contribution in [0, 0.1) is 13.8 Å². The number of nitrogens with one attached hydrogen (secondary N) is 2. The minimum absolute atomic E-state index is 0.150. The number of aryl methyl sites for hydroxylation is 3. The summed E-state index contributed by atoms with van der Waals surface area (Å²) >= 11 is 0. The minimum atomic E-state index is -0.434. The predicted octanol–water partition coefficient (Wildman–Crippen LogP) is 3.55. The van der Waals surface area contributed by atoms with Crippen LogP contribution < -0.4 is 25.1 Å². The largest absolute Gasteiger partial charge is 0.496 e. The Balaban J connectivity index is 1.50. The van der Waals surface area contributed by atoms with Gasteiger partial charge in [-0.3, -0.25) is 20.3 Å². The molecule has 0 bridgehead atoms. The summed E-state index contributed by atoms with van der Waals surface area (Å²) in [5, 5.41) is 5.40. The number of amides is 1. The van der Waals surface area contributed by atoms with Gasteiger partial charge in [0.05, 0.1) is 27.0 Å². The van der Waals surface area contributed by atoms with E-state index in [9.17, 15) is 4.79 Å². The average molecular weight is 466 g/mol. The molecule has 0 unspecified atom stereocenters. The normalized spacial score (nSPS) is 10.9. The van der Waals surface area contributed by atoms with Crippen LogP contribution in [0.2, 0.25) is 0 Å². The van der Waals surface area contributed by atoms with Crippen molar-refractivity contribution in [2.24, 2.45) is 7.05 Å². The number of benzene rings is 1. The number of furan rings is 1. The van der Waals surface area contributed by atoms with E-state index in [1.807, 2.05) is 27.0 Å². The molecule has 1 aromatic carbocycles. The fourth-order valence-electron chi connectivity index (χ4n) is 4.01. The lowest BCUT2D eigenvalue weighted by molar-refractivity contribution is 0.0933. The molecule has 1 amide bonds. The molecule has 0 saturated carbocycles. The third-order valence-corrected chi connectivity index (χ3v) is 5.53. The third-order valence-electron chi connectivity index (χ3n) is 5.53. The van der Waals surface area contributed by atoms with Crippen molar-refractivity contribution < 1.29 is 23.4 Å². The molecule has 34 heavy (non-hydrogen) atoms. The molecule has 0 saturated heterocycles. The Kier molecular flexibility index (Phi) is 6.31. The molecule has 4 aromatic rings. The highest BCUT2D eigenvalue weighted by Gasteiger charge is 2.19. The second-order valence-electron chi connectivity index (χ2n) is 7.74. The average Bonchev–Trinajstić information content (AvgIpc) is 3.41. The zero-order valence-corrected chi connectivity index (χ0v) is 20.0. The monoisotopic (exact) mass is 465 g/mol. The number of nitrogens with zero attached hydrogens (tertiary/aromatic N) is 3. The predicted molar refractivity (Wildman–Crippen MR) is 127 cm³/mol. The number of ether oxygens (including phenoxy) is 3. The maximum atomic E-state index is 12.7. The van der Waals surface area contributed by atoms with Crippen molar-refractivity contribution >= 4 is 22.8 Å². The van der Waals surface area contributed by atoms with Gasteiger partial charge < -0.3 is 18.6 Å². The van der Waals surface area contributed by atoms with E-state index < -0.39 is 5.91 Å². The molecule has 0 atom stereocenters. The van der Waals surface area contributed by atoms with Crippen molar-refractivity contribution in [3.8, 4) is 17.2 Å². The maximum absolute atomic E-state index is 12.7. The van der Waals surface area contributed by atoms with E-state index in [4.69, 9.17) is 18.6 Å². The van der Waals surface area contributed by atoms with Gasteiger partial charge in [-0.15, -0.1) is 0 Å². The molecule has 0 fully saturated rings. The van der Waals surface area contributed by atoms with E-state index in [1.54, 1.807) is 50.3 Å². The zero-order chi connectivity index (χ0) is 24.4. The fraction of sp³-hybridized carbons (Fsp3) is 0.292. The van der Waals surface area contributed by atoms with Gasteiger partial charge in [0.1, 0.15) is 17.3 Å². The smallest absolute Gasteiger partial charge is 0.305 e. The molecule has 0 aliphatic heterocycles. The summed E-state index contributed by atoms with van der Waals surface area (Å²) in [6, 6.07) is 8.77. The topological polar surface area (TPSA) is 113 Å². The van der Waals surface area contributed by atoms with Crippen LogP contribution in [0.5, 0.6) is 17.2 Å². The van der Waals surface area contributed by atoms with Gasteiger partial charge in [-0.05, 0) is 49.7 Å². The van der Waals surface area contributed by atoms with Crippen LogP contribution in [0.1, 0.15) is 33.1 Å². The summed E-state index contributed by atoms with van der Waals surface area (Å²) in [6.45, 7) is 3.92. The molecule has 0 spiro atoms. The summed E-state index contributed by atoms with van der Waals surface area (Å²) < 4.78 is 23.9. The van der Waals surface area contributed by atoms with Gasteiger partial charge in [-0.2, -0.15) is 5.10 Å². The van der Waals surface area contributed by atoms with E-state index in [0.29, 0.717) is 35.2 Å². The van der Waals surface area contributed by atoms with Crippen LogP contribution >= 0.6 is 0 Å². The summed E-state index contributed by atoms with van der Waals surface area (Å²) in [6.07, 6.45) is 0.349. The number of hydrogen-bond donors (Lipinski definition) is 2. The molecular formula is C24H27N5O5. The number of hydrogen-bond acceptors (Lipinski definition) is 8. The Morgan fingerprint density at radius 2 is 1.79 bits per heavy atom. The van der Waals surface area contributed by atoms with Crippen LogP contribution in [-0.4, -0.2) is 42.0 Å². The van der Waals surface area contributed by atoms with Gasteiger partial charge in [0, 0.05) is 24.4 Å². The zero-order valence-electron chi connectivity index (χ0n) is 20.0. The lowest BCUT2D eigenvalue weighted by Gasteiger charge is -2.15. The van der Waals surface area contributed by atoms with E-state index in [-0.39, 0.29) is 5.76 Å². The second kappa shape index (κ2) is 9.34. The standard InChI is InChI=1S/C24H27N5O5/c1-13-11-20(25-23-21(13)14(2)28-29(23)3)26-27-24(30)19-8-7-15(34-19)12-16-17(31-4)9-10-18(32-5)22(16)33-6/h7-11H,12H2,1-6H3,(H,25,26)(H,27,30). The Hall–Kier alpha value is -4.21. The Morgan fingerprint density at radius 1 is 1.06 bits per heavy atom. The number of anilines is 1. The first-order valence-electron chi connectivity index (χ1n) is 10.6. The van der Waals surface area contributed by atoms with Crippen LogP contribution in [0.3, 0.4) is 0 Å². The molecule has 3 aromatic heterocycles. The number of methoxy groups -OCH3 is 3. The highest BCUT2D eigenvalue weighted by atomic mass is 16.5. The van der Waals surface area contributed by atoms with Gasteiger partial charge in [0.25, 0.3) is 0 Å². The van der Waals surface area contributed by atoms with Gasteiger partial charge in [-0.25, -0.2) is 4.98 Å². The molecule has 10 nitrogen and oxygen atoms in total. The van der Waals surface area contributed by atoms with Crippen LogP contribution in [-0.2, 0) is 13.5 Å². The number of carbonyl (C=O) groups is 1. The molecule has 2 N–H and O–H groups in total. The first kappa shape index (κ1) is 23.0. The van der Waals surface area contributed by atoms with E-state index >= 15 is 0 Å². The summed E-state index contributed by atoms with van der Waals surface area (Å²) in [4.78, 5) is 17.2. The van der Waals surface area contributed by atoms with Crippen molar-refractivity contribution in [1.29, 1.82) is 0 Å². The molecular weight excluding hydrogens is 438 g/mol. The van der Waals surface area contributed by atoms with Crippen molar-refractivity contribution in [1.82, 2.24) is 20.2 Å². The molecule has 178 valence electrons. The van der Waals surface area contributed by atoms with Gasteiger partial charge in [0.2, 0.25) is 0 Å². The fourth-order valence-corrected chi connectivity index (χ4v) is 4.01. The molecule has 0 radical (unpaired) electrons. The van der Waals surface area contributed by atoms with Gasteiger partial charge in [-0.1, -0.05) is 0 Å². The number of hydrazine groups is 1. The Labute approximate surface area is 196 Å². The van der Waals surface area contributed by atoms with Crippen LogP contribution in [0.4, 0.5) is 5.82 Å². The number of aromatic nitrogens is 3. The quantitative estimate of drug-likeness (QED) is 0.380. The van der Waals surface area contributed by atoms with Crippen molar-refractivity contribution in [3.63, 3.8) is 0 Å². The molecule has 10 heteroatoms. The summed E-state index contributed by atoms with van der Waals surface area (Å²) in [5.74, 6) is 2.54. The first-order valence-corrected chi connectivity index (χ1v) is 10.6. The van der Waals surface area contributed by atoms with Crippen molar-refractivity contribution in [2.45, 2.75) is 20.3 Å². The van der Waals surface area contributed by atoms with E-state index in [0.717, 1.165) is 27.9 Å². The lowest BCUT2D eigenvalue weighted by Crippen LogP contribution is -2.29. The van der Waals surface area contributed by atoms with Crippen LogP contribution in [0.15, 0.2) is 34.7 Å². The lowest BCUT2D eigenvalue weighted by atomic mass is 10.1. The van der Waals surface area contributed by atoms with Crippen molar-refractivity contribution in [3.05, 3.63) is 58.7 Å². The summed E-state index contributed by atoms with van der Waals surface area (Å²) in [5.41, 5.74) is 8.89. The second-order valence-corrected chi connectivity index (χ2v) is 7.74. The van der Waals surface area contributed by atoms with Gasteiger partial charge in [0.15, 0.2) is 22.9 Å². The molecule has 0 aliphatic carbocycles. The van der Waals surface area contributed by atoms with Gasteiger partial charge >= 0.3 is 5.91 Å². The molecule has 3 heterocycles. The highest BCUT2D eigenvalue weighted by molar-refractivity contribution is 5.92. The Morgan fingerprint density at radius 3 is 2.50 bits per heavy atom.